The second-order valence-electron chi connectivity index (χ2n) is 16.9. The number of rotatable bonds is 7. The number of carbonyl (C=O) groups excluding carboxylic acids is 4. The molecule has 0 unspecified atom stereocenters. The summed E-state index contributed by atoms with van der Waals surface area (Å²) in [6, 6.07) is 4.94. The van der Waals surface area contributed by atoms with E-state index < -0.39 is 5.97 Å². The first-order chi connectivity index (χ1) is 34.6. The summed E-state index contributed by atoms with van der Waals surface area (Å²) in [5.41, 5.74) is 2.68. The largest absolute Gasteiger partial charge is 0.494 e. The standard InChI is InChI=1S/C19H21N3O4S.C17H15N3O4S.C13H10N2O4S/c1-10-8-22(9-11(2)26-10)19(23)13-7-12-16(24-3)14-15(21-6-5-20-14)17(25-4)18(12)27-13;1-8-6-20(7-9(2)24-8)17(23)11-5-10-14(21)12-13(19-4-3-18-12)15(22)16(10)25-11;1-18-10-6-5-7(13(16)17)20-12(6)11(19-2)9-8(10)14-3-4-15-9/h5-7,10-11H,8-9H2,1-4H3;3-5,8-9H,6-7H2,1-2H3;3-5H,1-2H3,(H,16,17)/t10-,11+;8-,9+;. The van der Waals surface area contributed by atoms with E-state index in [0.29, 0.717) is 91.1 Å². The number of carboxylic acid groups (broad SMARTS) is 1. The number of aromatic nitrogens is 6. The second-order valence-corrected chi connectivity index (χ2v) is 20.0. The molecule has 20 nitrogen and oxygen atoms in total. The second kappa shape index (κ2) is 20.4. The number of thiophene rings is 3. The molecule has 0 spiro atoms. The van der Waals surface area contributed by atoms with E-state index in [4.69, 9.17) is 33.5 Å². The normalized spacial score (nSPS) is 18.4. The molecule has 6 aromatic heterocycles. The summed E-state index contributed by atoms with van der Waals surface area (Å²) in [6.45, 7) is 9.92. The van der Waals surface area contributed by atoms with E-state index in [1.54, 1.807) is 50.0 Å². The molecule has 372 valence electrons. The van der Waals surface area contributed by atoms with E-state index in [0.717, 1.165) is 32.8 Å². The highest BCUT2D eigenvalue weighted by Gasteiger charge is 2.37. The van der Waals surface area contributed by atoms with Crippen LogP contribution in [0.2, 0.25) is 0 Å². The number of ether oxygens (including phenoxy) is 6. The van der Waals surface area contributed by atoms with Gasteiger partial charge in [0.25, 0.3) is 11.8 Å². The molecule has 2 aliphatic heterocycles. The Bertz CT molecular complexity index is 3270. The number of amides is 2. The van der Waals surface area contributed by atoms with E-state index in [2.05, 4.69) is 29.9 Å². The van der Waals surface area contributed by atoms with Gasteiger partial charge >= 0.3 is 5.97 Å². The summed E-state index contributed by atoms with van der Waals surface area (Å²) in [5.74, 6) is 0.338. The topological polar surface area (TPSA) is 245 Å². The maximum atomic E-state index is 13.1. The van der Waals surface area contributed by atoms with E-state index in [-0.39, 0.29) is 74.5 Å². The summed E-state index contributed by atoms with van der Waals surface area (Å²) >= 11 is 3.57. The van der Waals surface area contributed by atoms with Crippen LogP contribution in [0.25, 0.3) is 42.2 Å². The summed E-state index contributed by atoms with van der Waals surface area (Å²) in [4.78, 5) is 92.6. The lowest BCUT2D eigenvalue weighted by molar-refractivity contribution is -0.0585. The third-order valence-corrected chi connectivity index (χ3v) is 15.2. The summed E-state index contributed by atoms with van der Waals surface area (Å²) in [7, 11) is 6.24. The average Bonchev–Trinajstić information content (AvgIpc) is 4.15. The molecule has 4 atom stereocenters. The maximum Gasteiger partial charge on any atom is 0.345 e. The minimum Gasteiger partial charge on any atom is -0.494 e. The summed E-state index contributed by atoms with van der Waals surface area (Å²) in [5, 5.41) is 10.6. The van der Waals surface area contributed by atoms with Gasteiger partial charge in [-0.3, -0.25) is 19.2 Å². The molecule has 2 saturated heterocycles. The van der Waals surface area contributed by atoms with Crippen LogP contribution in [0, 0.1) is 0 Å². The van der Waals surface area contributed by atoms with E-state index in [1.807, 2.05) is 38.7 Å². The molecule has 2 amide bonds. The van der Waals surface area contributed by atoms with Crippen molar-refractivity contribution in [3.63, 3.8) is 0 Å². The van der Waals surface area contributed by atoms with Crippen molar-refractivity contribution in [3.8, 4) is 23.0 Å². The van der Waals surface area contributed by atoms with Gasteiger partial charge in [0.05, 0.1) is 76.9 Å². The molecule has 11 rings (SSSR count). The van der Waals surface area contributed by atoms with Crippen LogP contribution in [0.15, 0.2) is 55.4 Å². The molecule has 2 aromatic carbocycles. The Kier molecular flexibility index (Phi) is 14.1. The van der Waals surface area contributed by atoms with Crippen molar-refractivity contribution in [2.75, 3.05) is 54.6 Å². The molecule has 3 aliphatic rings. The fourth-order valence-corrected chi connectivity index (χ4v) is 12.2. The Labute approximate surface area is 422 Å². The van der Waals surface area contributed by atoms with Gasteiger partial charge in [-0.15, -0.1) is 34.0 Å². The highest BCUT2D eigenvalue weighted by Crippen LogP contribution is 2.46. The molecule has 2 fully saturated rings. The minimum absolute atomic E-state index is 0.00715. The van der Waals surface area contributed by atoms with Gasteiger partial charge in [-0.2, -0.15) is 0 Å². The van der Waals surface area contributed by atoms with Gasteiger partial charge in [0.2, 0.25) is 11.6 Å². The SMILES string of the molecule is COc1c2cc(C(=O)N3C[C@@H](C)O[C@@H](C)C3)sc2c(OC)c2nccnc12.COc1c2cc(C(=O)O)sc2c(OC)c2nccnc12.C[C@@H]1CN(C(=O)c2cc3c(s2)C(=O)c2nccnc2C3=O)C[C@H](C)O1. The number of ketones is 2. The minimum atomic E-state index is -0.986. The molecular weight excluding hydrogens is 989 g/mol. The van der Waals surface area contributed by atoms with Crippen LogP contribution in [0.5, 0.6) is 23.0 Å². The van der Waals surface area contributed by atoms with Crippen molar-refractivity contribution in [1.82, 2.24) is 39.7 Å². The highest BCUT2D eigenvalue weighted by atomic mass is 32.1. The molecule has 8 heterocycles. The molecule has 23 heteroatoms. The molecule has 8 aromatic rings. The number of hydrogen-bond acceptors (Lipinski definition) is 20. The maximum absolute atomic E-state index is 13.1. The molecular formula is C49H46N8O12S3. The van der Waals surface area contributed by atoms with E-state index in [9.17, 15) is 24.0 Å². The first kappa shape index (κ1) is 49.7. The van der Waals surface area contributed by atoms with Crippen LogP contribution >= 0.6 is 34.0 Å². The number of hydrogen-bond donors (Lipinski definition) is 1. The van der Waals surface area contributed by atoms with Gasteiger partial charge in [0.15, 0.2) is 23.0 Å². The number of benzene rings is 2. The quantitative estimate of drug-likeness (QED) is 0.165. The van der Waals surface area contributed by atoms with Crippen LogP contribution in [0.1, 0.15) is 88.1 Å². The van der Waals surface area contributed by atoms with Gasteiger partial charge in [0.1, 0.15) is 38.3 Å². The fourth-order valence-electron chi connectivity index (χ4n) is 9.01. The van der Waals surface area contributed by atoms with Crippen molar-refractivity contribution in [2.45, 2.75) is 52.1 Å². The van der Waals surface area contributed by atoms with Gasteiger partial charge in [-0.05, 0) is 45.9 Å². The number of nitrogens with zero attached hydrogens (tertiary/aromatic N) is 8. The number of aromatic carboxylic acids is 1. The van der Waals surface area contributed by atoms with E-state index in [1.165, 1.54) is 44.0 Å². The number of fused-ring (bicyclic) bond motifs is 6. The first-order valence-corrected chi connectivity index (χ1v) is 24.8. The third-order valence-electron chi connectivity index (χ3n) is 11.8. The molecule has 0 radical (unpaired) electrons. The third kappa shape index (κ3) is 9.13. The zero-order valence-corrected chi connectivity index (χ0v) is 42.5. The molecule has 1 aliphatic carbocycles. The Hall–Kier alpha value is -7.31. The smallest absolute Gasteiger partial charge is 0.345 e. The Morgan fingerprint density at radius 1 is 0.528 bits per heavy atom. The van der Waals surface area contributed by atoms with E-state index >= 15 is 0 Å². The molecule has 1 N–H and O–H groups in total. The van der Waals surface area contributed by atoms with Crippen molar-refractivity contribution in [2.24, 2.45) is 0 Å². The van der Waals surface area contributed by atoms with Crippen molar-refractivity contribution < 1.29 is 57.5 Å². The Balaban J connectivity index is 0.000000135. The van der Waals surface area contributed by atoms with Gasteiger partial charge < -0.3 is 43.3 Å². The van der Waals surface area contributed by atoms with Crippen LogP contribution in [0.4, 0.5) is 0 Å². The number of carboxylic acids is 1. The molecule has 72 heavy (non-hydrogen) atoms. The average molecular weight is 1040 g/mol. The summed E-state index contributed by atoms with van der Waals surface area (Å²) < 4.78 is 34.9. The van der Waals surface area contributed by atoms with Crippen molar-refractivity contribution in [3.05, 3.63) is 91.8 Å². The highest BCUT2D eigenvalue weighted by molar-refractivity contribution is 7.21. The first-order valence-electron chi connectivity index (χ1n) is 22.4. The lowest BCUT2D eigenvalue weighted by atomic mass is 9.96. The predicted molar refractivity (Wildman–Crippen MR) is 268 cm³/mol. The number of methoxy groups -OCH3 is 4. The van der Waals surface area contributed by atoms with Crippen LogP contribution < -0.4 is 18.9 Å². The van der Waals surface area contributed by atoms with Crippen LogP contribution in [0.3, 0.4) is 0 Å². The van der Waals surface area contributed by atoms with Crippen LogP contribution in [-0.2, 0) is 9.47 Å². The van der Waals surface area contributed by atoms with Crippen molar-refractivity contribution in [1.29, 1.82) is 0 Å². The Morgan fingerprint density at radius 3 is 1.31 bits per heavy atom. The monoisotopic (exact) mass is 1030 g/mol. The zero-order valence-electron chi connectivity index (χ0n) is 40.1. The van der Waals surface area contributed by atoms with Gasteiger partial charge in [-0.1, -0.05) is 0 Å². The van der Waals surface area contributed by atoms with Crippen molar-refractivity contribution >= 4 is 106 Å². The molecule has 0 bridgehead atoms. The van der Waals surface area contributed by atoms with Crippen LogP contribution in [-0.4, -0.2) is 153 Å². The lowest BCUT2D eigenvalue weighted by Crippen LogP contribution is -2.48. The number of morpholine rings is 2. The fraction of sp³-hybridized carbons (Fsp3) is 0.327. The number of carbonyl (C=O) groups is 5. The van der Waals surface area contributed by atoms with Gasteiger partial charge in [-0.25, -0.2) is 34.7 Å². The molecule has 0 saturated carbocycles. The van der Waals surface area contributed by atoms with Gasteiger partial charge in [0, 0.05) is 79.7 Å². The zero-order chi connectivity index (χ0) is 51.1. The lowest BCUT2D eigenvalue weighted by Gasteiger charge is -2.35. The predicted octanol–water partition coefficient (Wildman–Crippen LogP) is 7.23. The summed E-state index contributed by atoms with van der Waals surface area (Å²) in [6.07, 6.45) is 9.04. The Morgan fingerprint density at radius 2 is 0.889 bits per heavy atom.